The summed E-state index contributed by atoms with van der Waals surface area (Å²) in [6.07, 6.45) is 3.39. The van der Waals surface area contributed by atoms with E-state index in [1.165, 1.54) is 0 Å². The number of anilines is 2. The van der Waals surface area contributed by atoms with E-state index in [4.69, 9.17) is 11.5 Å². The quantitative estimate of drug-likeness (QED) is 0.614. The van der Waals surface area contributed by atoms with E-state index >= 15 is 0 Å². The van der Waals surface area contributed by atoms with Crippen molar-refractivity contribution in [1.29, 1.82) is 0 Å². The van der Waals surface area contributed by atoms with Crippen molar-refractivity contribution < 1.29 is 0 Å². The molecule has 0 radical (unpaired) electrons. The third-order valence-electron chi connectivity index (χ3n) is 3.21. The third kappa shape index (κ3) is 1.69. The molecular formula is C13H14N6. The summed E-state index contributed by atoms with van der Waals surface area (Å²) >= 11 is 0. The molecular weight excluding hydrogens is 240 g/mol. The summed E-state index contributed by atoms with van der Waals surface area (Å²) in [4.78, 5) is 8.60. The first-order valence-electron chi connectivity index (χ1n) is 5.89. The average molecular weight is 254 g/mol. The summed E-state index contributed by atoms with van der Waals surface area (Å²) < 4.78 is 0. The molecule has 0 aliphatic rings. The molecule has 0 bridgehead atoms. The lowest BCUT2D eigenvalue weighted by Gasteiger charge is -2.10. The van der Waals surface area contributed by atoms with Crippen LogP contribution >= 0.6 is 0 Å². The van der Waals surface area contributed by atoms with Crippen LogP contribution in [0.2, 0.25) is 0 Å². The third-order valence-corrected chi connectivity index (χ3v) is 3.21. The lowest BCUT2D eigenvalue weighted by Crippen LogP contribution is -1.96. The largest absolute Gasteiger partial charge is 0.397 e. The fourth-order valence-corrected chi connectivity index (χ4v) is 2.43. The molecule has 3 rings (SSSR count). The zero-order valence-electron chi connectivity index (χ0n) is 10.7. The maximum absolute atomic E-state index is 5.91. The fourth-order valence-electron chi connectivity index (χ4n) is 2.43. The van der Waals surface area contributed by atoms with Gasteiger partial charge in [0.15, 0.2) is 5.65 Å². The molecule has 0 amide bonds. The topological polar surface area (TPSA) is 106 Å². The number of rotatable bonds is 1. The molecule has 6 heteroatoms. The van der Waals surface area contributed by atoms with Gasteiger partial charge in [-0.3, -0.25) is 10.1 Å². The number of nitrogens with two attached hydrogens (primary N) is 2. The van der Waals surface area contributed by atoms with Crippen LogP contribution in [-0.2, 0) is 0 Å². The van der Waals surface area contributed by atoms with E-state index in [2.05, 4.69) is 20.2 Å². The lowest BCUT2D eigenvalue weighted by molar-refractivity contribution is 1.09. The van der Waals surface area contributed by atoms with Crippen LogP contribution in [0.1, 0.15) is 11.3 Å². The zero-order valence-corrected chi connectivity index (χ0v) is 10.7. The van der Waals surface area contributed by atoms with Crippen molar-refractivity contribution in [2.45, 2.75) is 13.8 Å². The molecule has 3 aromatic heterocycles. The number of hydrogen-bond acceptors (Lipinski definition) is 5. The average Bonchev–Trinajstić information content (AvgIpc) is 2.71. The molecule has 19 heavy (non-hydrogen) atoms. The summed E-state index contributed by atoms with van der Waals surface area (Å²) in [7, 11) is 0. The van der Waals surface area contributed by atoms with Crippen molar-refractivity contribution in [3.63, 3.8) is 0 Å². The molecule has 0 aliphatic carbocycles. The van der Waals surface area contributed by atoms with Gasteiger partial charge in [0.2, 0.25) is 0 Å². The molecule has 6 nitrogen and oxygen atoms in total. The Balaban J connectivity index is 2.37. The Bertz CT molecular complexity index is 774. The number of nitrogens with one attached hydrogen (secondary N) is 1. The number of nitrogens with zero attached hydrogens (tertiary/aromatic N) is 3. The Hall–Kier alpha value is -2.63. The Morgan fingerprint density at radius 3 is 2.68 bits per heavy atom. The first-order chi connectivity index (χ1) is 9.08. The molecule has 0 fully saturated rings. The summed E-state index contributed by atoms with van der Waals surface area (Å²) in [5.74, 6) is 0.526. The van der Waals surface area contributed by atoms with Gasteiger partial charge in [-0.2, -0.15) is 5.10 Å². The van der Waals surface area contributed by atoms with Crippen LogP contribution in [0, 0.1) is 13.8 Å². The molecule has 0 unspecified atom stereocenters. The van der Waals surface area contributed by atoms with E-state index in [0.29, 0.717) is 17.2 Å². The van der Waals surface area contributed by atoms with Gasteiger partial charge in [0.05, 0.1) is 11.1 Å². The summed E-state index contributed by atoms with van der Waals surface area (Å²) in [6, 6.07) is 1.88. The van der Waals surface area contributed by atoms with Gasteiger partial charge in [0.25, 0.3) is 0 Å². The fraction of sp³-hybridized carbons (Fsp3) is 0.154. The number of aromatic nitrogens is 4. The monoisotopic (exact) mass is 254 g/mol. The minimum Gasteiger partial charge on any atom is -0.397 e. The van der Waals surface area contributed by atoms with Crippen molar-refractivity contribution in [2.75, 3.05) is 11.5 Å². The smallest absolute Gasteiger partial charge is 0.183 e. The lowest BCUT2D eigenvalue weighted by atomic mass is 9.98. The maximum Gasteiger partial charge on any atom is 0.183 e. The molecule has 0 aromatic carbocycles. The van der Waals surface area contributed by atoms with Crippen LogP contribution in [0.25, 0.3) is 22.2 Å². The highest BCUT2D eigenvalue weighted by molar-refractivity contribution is 5.94. The van der Waals surface area contributed by atoms with Crippen LogP contribution in [0.3, 0.4) is 0 Å². The van der Waals surface area contributed by atoms with E-state index in [1.807, 2.05) is 19.9 Å². The highest BCUT2D eigenvalue weighted by Gasteiger charge is 2.15. The number of nitrogen functional groups attached to an aromatic ring is 2. The molecule has 96 valence electrons. The molecule has 0 spiro atoms. The number of hydrogen-bond donors (Lipinski definition) is 3. The first kappa shape index (κ1) is 11.5. The second-order valence-electron chi connectivity index (χ2n) is 4.54. The second kappa shape index (κ2) is 3.94. The first-order valence-corrected chi connectivity index (χ1v) is 5.89. The Kier molecular flexibility index (Phi) is 2.38. The molecule has 5 N–H and O–H groups in total. The van der Waals surface area contributed by atoms with Gasteiger partial charge in [-0.05, 0) is 25.5 Å². The Morgan fingerprint density at radius 1 is 1.16 bits per heavy atom. The number of aryl methyl sites for hydroxylation is 2. The van der Waals surface area contributed by atoms with Crippen LogP contribution in [-0.4, -0.2) is 20.2 Å². The van der Waals surface area contributed by atoms with Crippen molar-refractivity contribution in [3.8, 4) is 11.1 Å². The van der Waals surface area contributed by atoms with E-state index in [1.54, 1.807) is 12.4 Å². The van der Waals surface area contributed by atoms with Crippen LogP contribution < -0.4 is 11.5 Å². The number of H-pyrrole nitrogens is 1. The predicted molar refractivity (Wildman–Crippen MR) is 75.4 cm³/mol. The second-order valence-corrected chi connectivity index (χ2v) is 4.54. The number of fused-ring (bicyclic) bond motifs is 1. The highest BCUT2D eigenvalue weighted by atomic mass is 15.2. The molecule has 3 aromatic rings. The maximum atomic E-state index is 5.91. The van der Waals surface area contributed by atoms with Crippen LogP contribution in [0.15, 0.2) is 18.5 Å². The summed E-state index contributed by atoms with van der Waals surface area (Å²) in [6.45, 7) is 3.94. The Labute approximate surface area is 109 Å². The molecule has 0 aliphatic heterocycles. The van der Waals surface area contributed by atoms with Crippen LogP contribution in [0.4, 0.5) is 11.5 Å². The molecule has 0 saturated carbocycles. The molecule has 3 heterocycles. The summed E-state index contributed by atoms with van der Waals surface area (Å²) in [5, 5.41) is 7.70. The normalized spacial score (nSPS) is 11.1. The SMILES string of the molecule is Cc1nc2n[nH]c(N)c2c(C)c1-c1cncc(N)c1. The number of aromatic amines is 1. The Morgan fingerprint density at radius 2 is 1.95 bits per heavy atom. The molecule has 0 atom stereocenters. The van der Waals surface area contributed by atoms with Gasteiger partial charge in [0.1, 0.15) is 5.82 Å². The van der Waals surface area contributed by atoms with E-state index < -0.39 is 0 Å². The highest BCUT2D eigenvalue weighted by Crippen LogP contribution is 2.32. The zero-order chi connectivity index (χ0) is 13.6. The van der Waals surface area contributed by atoms with Crippen molar-refractivity contribution >= 4 is 22.5 Å². The van der Waals surface area contributed by atoms with Crippen molar-refractivity contribution in [1.82, 2.24) is 20.2 Å². The van der Waals surface area contributed by atoms with Gasteiger partial charge in [-0.15, -0.1) is 0 Å². The summed E-state index contributed by atoms with van der Waals surface area (Å²) in [5.41, 5.74) is 16.8. The van der Waals surface area contributed by atoms with Gasteiger partial charge in [0, 0.05) is 29.2 Å². The molecule has 0 saturated heterocycles. The van der Waals surface area contributed by atoms with Crippen molar-refractivity contribution in [2.24, 2.45) is 0 Å². The van der Waals surface area contributed by atoms with Gasteiger partial charge < -0.3 is 11.5 Å². The number of pyridine rings is 2. The predicted octanol–water partition coefficient (Wildman–Crippen LogP) is 1.80. The standard InChI is InChI=1S/C13H14N6/c1-6-10(8-3-9(14)5-16-4-8)7(2)17-13-11(6)12(15)18-19-13/h3-5H,14H2,1-2H3,(H3,15,17,18,19). The van der Waals surface area contributed by atoms with E-state index in [0.717, 1.165) is 27.8 Å². The van der Waals surface area contributed by atoms with Gasteiger partial charge in [-0.25, -0.2) is 4.98 Å². The van der Waals surface area contributed by atoms with Crippen molar-refractivity contribution in [3.05, 3.63) is 29.7 Å². The minimum atomic E-state index is 0.526. The van der Waals surface area contributed by atoms with Gasteiger partial charge >= 0.3 is 0 Å². The van der Waals surface area contributed by atoms with E-state index in [9.17, 15) is 0 Å². The van der Waals surface area contributed by atoms with E-state index in [-0.39, 0.29) is 0 Å². The minimum absolute atomic E-state index is 0.526. The van der Waals surface area contributed by atoms with Gasteiger partial charge in [-0.1, -0.05) is 0 Å². The van der Waals surface area contributed by atoms with Crippen LogP contribution in [0.5, 0.6) is 0 Å².